The summed E-state index contributed by atoms with van der Waals surface area (Å²) in [7, 11) is 0. The molecule has 1 aromatic heterocycles. The van der Waals surface area contributed by atoms with Gasteiger partial charge in [0.1, 0.15) is 12.4 Å². The molecule has 0 spiro atoms. The summed E-state index contributed by atoms with van der Waals surface area (Å²) in [4.78, 5) is 33.9. The molecular weight excluding hydrogens is 540 g/mol. The molecule has 1 aliphatic carbocycles. The fourth-order valence-corrected chi connectivity index (χ4v) is 5.78. The van der Waals surface area contributed by atoms with Gasteiger partial charge in [-0.25, -0.2) is 4.98 Å². The molecule has 196 valence electrons. The molecular formula is C31H33BrN4O2. The first-order valence-electron chi connectivity index (χ1n) is 13.3. The minimum absolute atomic E-state index is 0.0793. The van der Waals surface area contributed by atoms with Gasteiger partial charge in [-0.1, -0.05) is 83.7 Å². The maximum atomic E-state index is 14.0. The Bertz CT molecular complexity index is 1410. The van der Waals surface area contributed by atoms with Gasteiger partial charge in [-0.15, -0.1) is 0 Å². The number of fused-ring (bicyclic) bond motifs is 1. The summed E-state index contributed by atoms with van der Waals surface area (Å²) in [6.07, 6.45) is 5.61. The molecule has 1 atom stereocenters. The quantitative estimate of drug-likeness (QED) is 0.257. The van der Waals surface area contributed by atoms with Crippen LogP contribution in [0.4, 0.5) is 0 Å². The van der Waals surface area contributed by atoms with Gasteiger partial charge in [0, 0.05) is 22.6 Å². The van der Waals surface area contributed by atoms with Gasteiger partial charge in [-0.05, 0) is 55.7 Å². The summed E-state index contributed by atoms with van der Waals surface area (Å²) >= 11 is 3.43. The number of benzene rings is 3. The third-order valence-electron chi connectivity index (χ3n) is 7.33. The second-order valence-electron chi connectivity index (χ2n) is 10.0. The first-order chi connectivity index (χ1) is 18.5. The Kier molecular flexibility index (Phi) is 8.23. The Hall–Kier alpha value is -3.45. The Labute approximate surface area is 232 Å². The smallest absolute Gasteiger partial charge is 0.251 e. The molecule has 0 aliphatic heterocycles. The summed E-state index contributed by atoms with van der Waals surface area (Å²) < 4.78 is 2.82. The zero-order chi connectivity index (χ0) is 26.5. The number of hydrogen-bond acceptors (Lipinski definition) is 3. The average Bonchev–Trinajstić information content (AvgIpc) is 3.31. The third-order valence-corrected chi connectivity index (χ3v) is 7.82. The Morgan fingerprint density at radius 2 is 1.74 bits per heavy atom. The van der Waals surface area contributed by atoms with Crippen LogP contribution in [0, 0.1) is 0 Å². The Morgan fingerprint density at radius 3 is 2.50 bits per heavy atom. The van der Waals surface area contributed by atoms with Gasteiger partial charge in [0.2, 0.25) is 5.91 Å². The van der Waals surface area contributed by atoms with Crippen LogP contribution >= 0.6 is 15.9 Å². The van der Waals surface area contributed by atoms with Gasteiger partial charge in [-0.2, -0.15) is 0 Å². The molecule has 38 heavy (non-hydrogen) atoms. The summed E-state index contributed by atoms with van der Waals surface area (Å²) in [6.45, 7) is 2.69. The topological polar surface area (TPSA) is 67.2 Å². The van der Waals surface area contributed by atoms with E-state index < -0.39 is 0 Å². The van der Waals surface area contributed by atoms with Gasteiger partial charge >= 0.3 is 0 Å². The summed E-state index contributed by atoms with van der Waals surface area (Å²) in [6, 6.07) is 25.2. The van der Waals surface area contributed by atoms with Crippen molar-refractivity contribution in [3.8, 4) is 0 Å². The Morgan fingerprint density at radius 1 is 1.00 bits per heavy atom. The fraction of sp³-hybridized carbons (Fsp3) is 0.323. The number of carbonyl (C=O) groups excluding carboxylic acids is 2. The van der Waals surface area contributed by atoms with Crippen molar-refractivity contribution in [2.75, 3.05) is 0 Å². The van der Waals surface area contributed by atoms with Crippen LogP contribution in [-0.2, 0) is 17.9 Å². The van der Waals surface area contributed by atoms with Crippen LogP contribution in [0.3, 0.4) is 0 Å². The highest BCUT2D eigenvalue weighted by atomic mass is 79.9. The molecule has 3 aromatic carbocycles. The molecule has 6 nitrogen and oxygen atoms in total. The standard InChI is InChI=1S/C31H33BrN4O2/c1-22(33-31(38)24-13-10-14-25(32)19-24)30-34-27-17-8-9-18-28(27)36(30)21-29(37)35(26-15-6-3-7-16-26)20-23-11-4-2-5-12-23/h2,4-5,8-14,17-19,22,26H,3,6-7,15-16,20-21H2,1H3,(H,33,38). The van der Waals surface area contributed by atoms with Crippen molar-refractivity contribution in [2.45, 2.75) is 64.2 Å². The van der Waals surface area contributed by atoms with E-state index in [4.69, 9.17) is 4.98 Å². The van der Waals surface area contributed by atoms with Gasteiger partial charge in [0.05, 0.1) is 17.1 Å². The summed E-state index contributed by atoms with van der Waals surface area (Å²) in [5.41, 5.74) is 3.40. The zero-order valence-electron chi connectivity index (χ0n) is 21.6. The molecule has 1 unspecified atom stereocenters. The maximum Gasteiger partial charge on any atom is 0.251 e. The molecule has 1 heterocycles. The number of halogens is 1. The highest BCUT2D eigenvalue weighted by molar-refractivity contribution is 9.10. The highest BCUT2D eigenvalue weighted by Gasteiger charge is 2.28. The second-order valence-corrected chi connectivity index (χ2v) is 11.0. The van der Waals surface area contributed by atoms with E-state index in [1.165, 1.54) is 6.42 Å². The molecule has 2 amide bonds. The third kappa shape index (κ3) is 5.99. The van der Waals surface area contributed by atoms with E-state index in [-0.39, 0.29) is 30.4 Å². The van der Waals surface area contributed by atoms with Crippen molar-refractivity contribution in [2.24, 2.45) is 0 Å². The van der Waals surface area contributed by atoms with Crippen LogP contribution in [0.25, 0.3) is 11.0 Å². The first kappa shape index (κ1) is 26.2. The molecule has 1 N–H and O–H groups in total. The normalized spacial score (nSPS) is 14.8. The second kappa shape index (κ2) is 11.9. The van der Waals surface area contributed by atoms with E-state index in [9.17, 15) is 9.59 Å². The number of rotatable bonds is 8. The minimum atomic E-state index is -0.390. The monoisotopic (exact) mass is 572 g/mol. The molecule has 7 heteroatoms. The van der Waals surface area contributed by atoms with Crippen molar-refractivity contribution in [1.82, 2.24) is 19.8 Å². The van der Waals surface area contributed by atoms with Gasteiger partial charge < -0.3 is 14.8 Å². The SMILES string of the molecule is CC(NC(=O)c1cccc(Br)c1)c1nc2ccccc2n1CC(=O)N(Cc1ccccc1)C1CCCCC1. The number of hydrogen-bond donors (Lipinski definition) is 1. The number of amides is 2. The number of nitrogens with one attached hydrogen (secondary N) is 1. The predicted octanol–water partition coefficient (Wildman–Crippen LogP) is 6.65. The lowest BCUT2D eigenvalue weighted by molar-refractivity contribution is -0.135. The molecule has 1 saturated carbocycles. The van der Waals surface area contributed by atoms with Crippen LogP contribution in [0.2, 0.25) is 0 Å². The van der Waals surface area contributed by atoms with Crippen molar-refractivity contribution in [1.29, 1.82) is 0 Å². The van der Waals surface area contributed by atoms with Crippen molar-refractivity contribution in [3.05, 3.63) is 100 Å². The molecule has 0 bridgehead atoms. The maximum absolute atomic E-state index is 14.0. The zero-order valence-corrected chi connectivity index (χ0v) is 23.2. The number of imidazole rings is 1. The van der Waals surface area contributed by atoms with E-state index in [1.807, 2.05) is 66.1 Å². The van der Waals surface area contributed by atoms with E-state index in [0.29, 0.717) is 17.9 Å². The number of para-hydroxylation sites is 2. The molecule has 1 fully saturated rings. The van der Waals surface area contributed by atoms with E-state index in [1.54, 1.807) is 12.1 Å². The number of carbonyl (C=O) groups is 2. The van der Waals surface area contributed by atoms with E-state index in [2.05, 4.69) is 38.3 Å². The van der Waals surface area contributed by atoms with Crippen LogP contribution in [-0.4, -0.2) is 32.3 Å². The Balaban J connectivity index is 1.43. The molecule has 1 aliphatic rings. The van der Waals surface area contributed by atoms with Crippen LogP contribution in [0.15, 0.2) is 83.3 Å². The van der Waals surface area contributed by atoms with Crippen LogP contribution in [0.5, 0.6) is 0 Å². The lowest BCUT2D eigenvalue weighted by Crippen LogP contribution is -2.43. The van der Waals surface area contributed by atoms with Crippen LogP contribution < -0.4 is 5.32 Å². The molecule has 0 radical (unpaired) electrons. The van der Waals surface area contributed by atoms with Gasteiger partial charge in [0.15, 0.2) is 0 Å². The van der Waals surface area contributed by atoms with Crippen molar-refractivity contribution in [3.63, 3.8) is 0 Å². The van der Waals surface area contributed by atoms with Crippen molar-refractivity contribution >= 4 is 38.8 Å². The molecule has 0 saturated heterocycles. The lowest BCUT2D eigenvalue weighted by atomic mass is 9.93. The van der Waals surface area contributed by atoms with Gasteiger partial charge in [-0.3, -0.25) is 9.59 Å². The highest BCUT2D eigenvalue weighted by Crippen LogP contribution is 2.26. The average molecular weight is 574 g/mol. The number of nitrogens with zero attached hydrogens (tertiary/aromatic N) is 3. The summed E-state index contributed by atoms with van der Waals surface area (Å²) in [5.74, 6) is 0.568. The van der Waals surface area contributed by atoms with E-state index in [0.717, 1.165) is 46.8 Å². The summed E-state index contributed by atoms with van der Waals surface area (Å²) in [5, 5.41) is 3.08. The largest absolute Gasteiger partial charge is 0.342 e. The van der Waals surface area contributed by atoms with Gasteiger partial charge in [0.25, 0.3) is 5.91 Å². The number of aromatic nitrogens is 2. The predicted molar refractivity (Wildman–Crippen MR) is 154 cm³/mol. The van der Waals surface area contributed by atoms with Crippen molar-refractivity contribution < 1.29 is 9.59 Å². The lowest BCUT2D eigenvalue weighted by Gasteiger charge is -2.35. The van der Waals surface area contributed by atoms with E-state index >= 15 is 0 Å². The fourth-order valence-electron chi connectivity index (χ4n) is 5.38. The molecule has 4 aromatic rings. The molecule has 5 rings (SSSR count). The minimum Gasteiger partial charge on any atom is -0.342 e. The first-order valence-corrected chi connectivity index (χ1v) is 14.1. The van der Waals surface area contributed by atoms with Crippen LogP contribution in [0.1, 0.15) is 66.8 Å².